The van der Waals surface area contributed by atoms with E-state index in [0.717, 1.165) is 36.2 Å². The molecule has 1 amide bonds. The van der Waals surface area contributed by atoms with Gasteiger partial charge in [-0.3, -0.25) is 4.79 Å². The summed E-state index contributed by atoms with van der Waals surface area (Å²) < 4.78 is 2.07. The Bertz CT molecular complexity index is 836. The van der Waals surface area contributed by atoms with E-state index in [4.69, 9.17) is 0 Å². The Kier molecular flexibility index (Phi) is 4.03. The number of nitrogens with zero attached hydrogens (tertiary/aromatic N) is 2. The molecule has 1 unspecified atom stereocenters. The lowest BCUT2D eigenvalue weighted by Gasteiger charge is -2.16. The minimum Gasteiger partial charge on any atom is -0.355 e. The average Bonchev–Trinajstić information content (AvgIpc) is 3.36. The summed E-state index contributed by atoms with van der Waals surface area (Å²) >= 11 is 0. The fourth-order valence-electron chi connectivity index (χ4n) is 3.32. The summed E-state index contributed by atoms with van der Waals surface area (Å²) in [5, 5.41) is 3.11. The van der Waals surface area contributed by atoms with E-state index in [1.807, 2.05) is 48.8 Å². The van der Waals surface area contributed by atoms with Crippen LogP contribution in [0.4, 0.5) is 0 Å². The molecule has 4 nitrogen and oxygen atoms in total. The molecule has 1 aromatic carbocycles. The summed E-state index contributed by atoms with van der Waals surface area (Å²) in [6.07, 6.45) is 6.91. The van der Waals surface area contributed by atoms with Crippen molar-refractivity contribution in [1.82, 2.24) is 14.7 Å². The van der Waals surface area contributed by atoms with Crippen LogP contribution >= 0.6 is 0 Å². The number of benzene rings is 1. The molecular formula is C20H21N3O. The van der Waals surface area contributed by atoms with Crippen molar-refractivity contribution >= 4 is 11.4 Å². The first-order valence-electron chi connectivity index (χ1n) is 8.56. The van der Waals surface area contributed by atoms with Crippen molar-refractivity contribution in [3.8, 4) is 0 Å². The maximum atomic E-state index is 12.7. The van der Waals surface area contributed by atoms with Crippen LogP contribution < -0.4 is 5.32 Å². The molecule has 122 valence electrons. The van der Waals surface area contributed by atoms with Crippen LogP contribution in [0.2, 0.25) is 0 Å². The van der Waals surface area contributed by atoms with Crippen LogP contribution in [0.5, 0.6) is 0 Å². The number of pyridine rings is 1. The largest absolute Gasteiger partial charge is 0.355 e. The highest BCUT2D eigenvalue weighted by Crippen LogP contribution is 2.42. The predicted molar refractivity (Wildman–Crippen MR) is 93.8 cm³/mol. The molecule has 0 bridgehead atoms. The molecule has 1 aliphatic rings. The molecule has 0 spiro atoms. The van der Waals surface area contributed by atoms with Gasteiger partial charge in [0.05, 0.1) is 17.6 Å². The Balaban J connectivity index is 1.40. The van der Waals surface area contributed by atoms with Gasteiger partial charge in [0.2, 0.25) is 5.91 Å². The zero-order valence-corrected chi connectivity index (χ0v) is 13.6. The Morgan fingerprint density at radius 1 is 1.17 bits per heavy atom. The van der Waals surface area contributed by atoms with E-state index in [1.54, 1.807) is 0 Å². The highest BCUT2D eigenvalue weighted by atomic mass is 16.1. The summed E-state index contributed by atoms with van der Waals surface area (Å²) in [4.78, 5) is 17.1. The molecule has 4 rings (SSSR count). The second kappa shape index (κ2) is 6.48. The van der Waals surface area contributed by atoms with E-state index in [9.17, 15) is 4.79 Å². The second-order valence-electron chi connectivity index (χ2n) is 6.44. The Labute approximate surface area is 141 Å². The predicted octanol–water partition coefficient (Wildman–Crippen LogP) is 3.19. The molecule has 2 heterocycles. The molecule has 4 heteroatoms. The van der Waals surface area contributed by atoms with Crippen LogP contribution in [-0.2, 0) is 11.2 Å². The maximum absolute atomic E-state index is 12.7. The van der Waals surface area contributed by atoms with Crippen LogP contribution in [0, 0.1) is 5.92 Å². The van der Waals surface area contributed by atoms with Gasteiger partial charge in [-0.25, -0.2) is 4.98 Å². The lowest BCUT2D eigenvalue weighted by molar-refractivity contribution is -0.123. The number of aromatic nitrogens is 2. The van der Waals surface area contributed by atoms with E-state index in [2.05, 4.69) is 26.8 Å². The molecule has 0 saturated heterocycles. The topological polar surface area (TPSA) is 46.4 Å². The van der Waals surface area contributed by atoms with Gasteiger partial charge in [-0.05, 0) is 36.5 Å². The third-order valence-corrected chi connectivity index (χ3v) is 4.70. The van der Waals surface area contributed by atoms with Gasteiger partial charge in [0, 0.05) is 19.2 Å². The van der Waals surface area contributed by atoms with Crippen LogP contribution in [-0.4, -0.2) is 21.8 Å². The van der Waals surface area contributed by atoms with E-state index in [1.165, 1.54) is 0 Å². The van der Waals surface area contributed by atoms with Gasteiger partial charge in [-0.2, -0.15) is 0 Å². The molecule has 1 saturated carbocycles. The van der Waals surface area contributed by atoms with Crippen molar-refractivity contribution in [2.75, 3.05) is 6.54 Å². The third kappa shape index (κ3) is 3.04. The summed E-state index contributed by atoms with van der Waals surface area (Å²) in [5.74, 6) is 1.61. The lowest BCUT2D eigenvalue weighted by atomic mass is 9.93. The highest BCUT2D eigenvalue weighted by molar-refractivity contribution is 5.84. The first-order valence-corrected chi connectivity index (χ1v) is 8.56. The van der Waals surface area contributed by atoms with Crippen molar-refractivity contribution in [3.63, 3.8) is 0 Å². The minimum absolute atomic E-state index is 0.0109. The van der Waals surface area contributed by atoms with Gasteiger partial charge in [-0.15, -0.1) is 0 Å². The number of carbonyl (C=O) groups is 1. The van der Waals surface area contributed by atoms with E-state index in [0.29, 0.717) is 12.5 Å². The van der Waals surface area contributed by atoms with E-state index < -0.39 is 0 Å². The SMILES string of the molecule is O=C(NCCc1ncc2ccccn12)C(c1ccccc1)C1CC1. The van der Waals surface area contributed by atoms with Crippen molar-refractivity contribution in [2.45, 2.75) is 25.2 Å². The average molecular weight is 319 g/mol. The Hall–Kier alpha value is -2.62. The van der Waals surface area contributed by atoms with Crippen LogP contribution in [0.1, 0.15) is 30.1 Å². The third-order valence-electron chi connectivity index (χ3n) is 4.70. The molecular weight excluding hydrogens is 298 g/mol. The summed E-state index contributed by atoms with van der Waals surface area (Å²) in [6.45, 7) is 0.614. The molecule has 0 aliphatic heterocycles. The normalized spacial score (nSPS) is 15.3. The highest BCUT2D eigenvalue weighted by Gasteiger charge is 2.36. The molecule has 1 atom stereocenters. The maximum Gasteiger partial charge on any atom is 0.227 e. The van der Waals surface area contributed by atoms with E-state index in [-0.39, 0.29) is 11.8 Å². The molecule has 2 aromatic heterocycles. The number of hydrogen-bond donors (Lipinski definition) is 1. The summed E-state index contributed by atoms with van der Waals surface area (Å²) in [7, 11) is 0. The van der Waals surface area contributed by atoms with Gasteiger partial charge in [-0.1, -0.05) is 36.4 Å². The van der Waals surface area contributed by atoms with Crippen molar-refractivity contribution in [2.24, 2.45) is 5.92 Å². The summed E-state index contributed by atoms with van der Waals surface area (Å²) in [6, 6.07) is 16.2. The van der Waals surface area contributed by atoms with Crippen molar-refractivity contribution in [1.29, 1.82) is 0 Å². The number of nitrogens with one attached hydrogen (secondary N) is 1. The van der Waals surface area contributed by atoms with Gasteiger partial charge >= 0.3 is 0 Å². The number of amides is 1. The monoisotopic (exact) mass is 319 g/mol. The number of hydrogen-bond acceptors (Lipinski definition) is 2. The molecule has 1 fully saturated rings. The molecule has 1 N–H and O–H groups in total. The first kappa shape index (κ1) is 14.9. The van der Waals surface area contributed by atoms with Gasteiger partial charge in [0.25, 0.3) is 0 Å². The molecule has 3 aromatic rings. The van der Waals surface area contributed by atoms with Gasteiger partial charge in [0.1, 0.15) is 5.82 Å². The smallest absolute Gasteiger partial charge is 0.227 e. The zero-order chi connectivity index (χ0) is 16.4. The van der Waals surface area contributed by atoms with Crippen molar-refractivity contribution < 1.29 is 4.79 Å². The quantitative estimate of drug-likeness (QED) is 0.758. The number of fused-ring (bicyclic) bond motifs is 1. The van der Waals surface area contributed by atoms with Crippen LogP contribution in [0.15, 0.2) is 60.9 Å². The standard InChI is InChI=1S/C20H21N3O/c24-20(19(16-9-10-16)15-6-2-1-3-7-15)21-12-11-18-22-14-17-8-4-5-13-23(17)18/h1-8,13-14,16,19H,9-12H2,(H,21,24). The zero-order valence-electron chi connectivity index (χ0n) is 13.6. The number of imidazole rings is 1. The minimum atomic E-state index is -0.0109. The Morgan fingerprint density at radius 3 is 2.75 bits per heavy atom. The Morgan fingerprint density at radius 2 is 1.96 bits per heavy atom. The van der Waals surface area contributed by atoms with Gasteiger partial charge in [0.15, 0.2) is 0 Å². The fourth-order valence-corrected chi connectivity index (χ4v) is 3.32. The second-order valence-corrected chi connectivity index (χ2v) is 6.44. The molecule has 1 aliphatic carbocycles. The van der Waals surface area contributed by atoms with Gasteiger partial charge < -0.3 is 9.72 Å². The summed E-state index contributed by atoms with van der Waals surface area (Å²) in [5.41, 5.74) is 2.21. The van der Waals surface area contributed by atoms with E-state index >= 15 is 0 Å². The van der Waals surface area contributed by atoms with Crippen LogP contribution in [0.25, 0.3) is 5.52 Å². The molecule has 0 radical (unpaired) electrons. The molecule has 24 heavy (non-hydrogen) atoms. The lowest BCUT2D eigenvalue weighted by Crippen LogP contribution is -2.32. The first-order chi connectivity index (χ1) is 11.8. The van der Waals surface area contributed by atoms with Crippen molar-refractivity contribution in [3.05, 3.63) is 72.3 Å². The number of rotatable bonds is 6. The fraction of sp³-hybridized carbons (Fsp3) is 0.300. The van der Waals surface area contributed by atoms with Crippen LogP contribution in [0.3, 0.4) is 0 Å². The number of carbonyl (C=O) groups excluding carboxylic acids is 1.